The highest BCUT2D eigenvalue weighted by Gasteiger charge is 2.12. The fraction of sp³-hybridized carbons (Fsp3) is 0.267. The van der Waals surface area contributed by atoms with Crippen molar-refractivity contribution in [3.8, 4) is 0 Å². The van der Waals surface area contributed by atoms with Crippen LogP contribution >= 0.6 is 0 Å². The molecule has 1 heterocycles. The topological polar surface area (TPSA) is 112 Å². The Morgan fingerprint density at radius 2 is 1.88 bits per heavy atom. The summed E-state index contributed by atoms with van der Waals surface area (Å²) in [6, 6.07) is 6.29. The van der Waals surface area contributed by atoms with E-state index in [0.717, 1.165) is 0 Å². The molecule has 0 saturated heterocycles. The maximum absolute atomic E-state index is 11.9. The summed E-state index contributed by atoms with van der Waals surface area (Å²) in [7, 11) is 1.23. The summed E-state index contributed by atoms with van der Waals surface area (Å²) in [6.07, 6.45) is 1.31. The first-order valence-corrected chi connectivity index (χ1v) is 7.09. The zero-order chi connectivity index (χ0) is 17.5. The highest BCUT2D eigenvalue weighted by molar-refractivity contribution is 5.93. The number of aromatic nitrogens is 3. The predicted octanol–water partition coefficient (Wildman–Crippen LogP) is 0.880. The summed E-state index contributed by atoms with van der Waals surface area (Å²) in [6.45, 7) is 1.90. The Morgan fingerprint density at radius 1 is 1.17 bits per heavy atom. The number of amides is 1. The van der Waals surface area contributed by atoms with Crippen LogP contribution in [0.2, 0.25) is 0 Å². The van der Waals surface area contributed by atoms with Gasteiger partial charge in [0.25, 0.3) is 0 Å². The number of carbonyl (C=O) groups excluding carboxylic acids is 3. The minimum atomic E-state index is -0.629. The molecular formula is C15H16N4O5. The third kappa shape index (κ3) is 4.38. The molecule has 1 aromatic heterocycles. The maximum Gasteiger partial charge on any atom is 0.360 e. The van der Waals surface area contributed by atoms with E-state index in [1.54, 1.807) is 31.2 Å². The van der Waals surface area contributed by atoms with Gasteiger partial charge in [-0.3, -0.25) is 4.79 Å². The molecule has 0 unspecified atom stereocenters. The molecule has 126 valence electrons. The minimum Gasteiger partial charge on any atom is -0.464 e. The van der Waals surface area contributed by atoms with Crippen LogP contribution in [0.25, 0.3) is 0 Å². The van der Waals surface area contributed by atoms with Gasteiger partial charge in [0.05, 0.1) is 25.5 Å². The number of nitrogens with one attached hydrogen (secondary N) is 1. The first-order chi connectivity index (χ1) is 11.5. The number of ether oxygens (including phenoxy) is 2. The summed E-state index contributed by atoms with van der Waals surface area (Å²) in [5.41, 5.74) is 0.930. The summed E-state index contributed by atoms with van der Waals surface area (Å²) >= 11 is 0. The molecule has 9 nitrogen and oxygen atoms in total. The van der Waals surface area contributed by atoms with Crippen molar-refractivity contribution in [2.45, 2.75) is 13.5 Å². The predicted molar refractivity (Wildman–Crippen MR) is 82.4 cm³/mol. The Balaban J connectivity index is 1.93. The molecule has 2 aromatic rings. The number of benzene rings is 1. The third-order valence-electron chi connectivity index (χ3n) is 2.92. The molecule has 1 aromatic carbocycles. The van der Waals surface area contributed by atoms with E-state index < -0.39 is 11.9 Å². The standard InChI is InChI=1S/C15H16N4O5/c1-3-24-14(21)10-4-6-11(7-5-10)16-13(20)9-19-8-12(17-18-19)15(22)23-2/h4-8H,3,9H2,1-2H3,(H,16,20). The molecule has 0 spiro atoms. The third-order valence-corrected chi connectivity index (χ3v) is 2.92. The van der Waals surface area contributed by atoms with Crippen LogP contribution in [0.3, 0.4) is 0 Å². The number of hydrogen-bond acceptors (Lipinski definition) is 7. The quantitative estimate of drug-likeness (QED) is 0.781. The summed E-state index contributed by atoms with van der Waals surface area (Å²) in [5.74, 6) is -1.41. The Kier molecular flexibility index (Phi) is 5.61. The van der Waals surface area contributed by atoms with Crippen LogP contribution in [0.1, 0.15) is 27.8 Å². The van der Waals surface area contributed by atoms with Gasteiger partial charge in [-0.15, -0.1) is 5.10 Å². The van der Waals surface area contributed by atoms with Gasteiger partial charge >= 0.3 is 11.9 Å². The van der Waals surface area contributed by atoms with Crippen LogP contribution in [0.4, 0.5) is 5.69 Å². The van der Waals surface area contributed by atoms with E-state index >= 15 is 0 Å². The molecule has 1 amide bonds. The molecule has 0 saturated carbocycles. The second-order valence-electron chi connectivity index (χ2n) is 4.64. The lowest BCUT2D eigenvalue weighted by Crippen LogP contribution is -2.19. The Morgan fingerprint density at radius 3 is 2.50 bits per heavy atom. The average Bonchev–Trinajstić information content (AvgIpc) is 3.03. The summed E-state index contributed by atoms with van der Waals surface area (Å²) < 4.78 is 10.6. The number of nitrogens with zero attached hydrogens (tertiary/aromatic N) is 3. The molecule has 0 fully saturated rings. The van der Waals surface area contributed by atoms with Crippen LogP contribution in [-0.2, 0) is 20.8 Å². The molecule has 24 heavy (non-hydrogen) atoms. The zero-order valence-electron chi connectivity index (χ0n) is 13.2. The summed E-state index contributed by atoms with van der Waals surface area (Å²) in [4.78, 5) is 34.7. The lowest BCUT2D eigenvalue weighted by Gasteiger charge is -2.06. The van der Waals surface area contributed by atoms with Crippen molar-refractivity contribution in [1.82, 2.24) is 15.0 Å². The fourth-order valence-electron chi connectivity index (χ4n) is 1.83. The monoisotopic (exact) mass is 332 g/mol. The van der Waals surface area contributed by atoms with Gasteiger partial charge < -0.3 is 14.8 Å². The number of esters is 2. The van der Waals surface area contributed by atoms with Crippen LogP contribution in [0.15, 0.2) is 30.5 Å². The van der Waals surface area contributed by atoms with Gasteiger partial charge in [0.1, 0.15) is 6.54 Å². The van der Waals surface area contributed by atoms with Crippen molar-refractivity contribution in [3.63, 3.8) is 0 Å². The molecule has 0 aliphatic heterocycles. The number of rotatable bonds is 6. The lowest BCUT2D eigenvalue weighted by molar-refractivity contribution is -0.116. The van der Waals surface area contributed by atoms with Crippen molar-refractivity contribution < 1.29 is 23.9 Å². The first-order valence-electron chi connectivity index (χ1n) is 7.09. The first kappa shape index (κ1) is 17.1. The molecule has 0 radical (unpaired) electrons. The van der Waals surface area contributed by atoms with Gasteiger partial charge in [-0.25, -0.2) is 14.3 Å². The average molecular weight is 332 g/mol. The van der Waals surface area contributed by atoms with E-state index in [0.29, 0.717) is 17.9 Å². The number of hydrogen-bond donors (Lipinski definition) is 1. The number of carbonyl (C=O) groups is 3. The van der Waals surface area contributed by atoms with Gasteiger partial charge in [-0.05, 0) is 31.2 Å². The Labute approximate surface area is 137 Å². The Hall–Kier alpha value is -3.23. The van der Waals surface area contributed by atoms with Gasteiger partial charge in [0.2, 0.25) is 5.91 Å². The number of anilines is 1. The lowest BCUT2D eigenvalue weighted by atomic mass is 10.2. The van der Waals surface area contributed by atoms with Crippen LogP contribution in [0, 0.1) is 0 Å². The molecule has 1 N–H and O–H groups in total. The van der Waals surface area contributed by atoms with E-state index in [-0.39, 0.29) is 18.1 Å². The van der Waals surface area contributed by atoms with Crippen LogP contribution in [-0.4, -0.2) is 46.6 Å². The Bertz CT molecular complexity index is 739. The molecule has 0 bridgehead atoms. The molecule has 0 aliphatic carbocycles. The van der Waals surface area contributed by atoms with Crippen molar-refractivity contribution in [2.75, 3.05) is 19.0 Å². The SMILES string of the molecule is CCOC(=O)c1ccc(NC(=O)Cn2cc(C(=O)OC)nn2)cc1. The fourth-order valence-corrected chi connectivity index (χ4v) is 1.83. The van der Waals surface area contributed by atoms with E-state index in [1.807, 2.05) is 0 Å². The van der Waals surface area contributed by atoms with Gasteiger partial charge in [0, 0.05) is 5.69 Å². The molecular weight excluding hydrogens is 316 g/mol. The molecule has 2 rings (SSSR count). The molecule has 9 heteroatoms. The van der Waals surface area contributed by atoms with Crippen LogP contribution in [0.5, 0.6) is 0 Å². The molecule has 0 aliphatic rings. The van der Waals surface area contributed by atoms with Crippen molar-refractivity contribution >= 4 is 23.5 Å². The van der Waals surface area contributed by atoms with E-state index in [9.17, 15) is 14.4 Å². The van der Waals surface area contributed by atoms with Crippen molar-refractivity contribution in [2.24, 2.45) is 0 Å². The largest absolute Gasteiger partial charge is 0.464 e. The second kappa shape index (κ2) is 7.86. The smallest absolute Gasteiger partial charge is 0.360 e. The van der Waals surface area contributed by atoms with Crippen LogP contribution < -0.4 is 5.32 Å². The maximum atomic E-state index is 11.9. The zero-order valence-corrected chi connectivity index (χ0v) is 13.2. The van der Waals surface area contributed by atoms with Gasteiger partial charge in [0.15, 0.2) is 5.69 Å². The number of methoxy groups -OCH3 is 1. The van der Waals surface area contributed by atoms with E-state index in [1.165, 1.54) is 18.0 Å². The molecule has 0 atom stereocenters. The highest BCUT2D eigenvalue weighted by atomic mass is 16.5. The van der Waals surface area contributed by atoms with E-state index in [4.69, 9.17) is 4.74 Å². The highest BCUT2D eigenvalue weighted by Crippen LogP contribution is 2.10. The summed E-state index contributed by atoms with van der Waals surface area (Å²) in [5, 5.41) is 9.92. The van der Waals surface area contributed by atoms with Gasteiger partial charge in [-0.2, -0.15) is 0 Å². The second-order valence-corrected chi connectivity index (χ2v) is 4.64. The minimum absolute atomic E-state index is 0.0177. The van der Waals surface area contributed by atoms with Crippen molar-refractivity contribution in [1.29, 1.82) is 0 Å². The van der Waals surface area contributed by atoms with E-state index in [2.05, 4.69) is 20.4 Å². The van der Waals surface area contributed by atoms with Crippen molar-refractivity contribution in [3.05, 3.63) is 41.7 Å². The van der Waals surface area contributed by atoms with Gasteiger partial charge in [-0.1, -0.05) is 5.21 Å². The normalized spacial score (nSPS) is 10.1.